The van der Waals surface area contributed by atoms with Gasteiger partial charge < -0.3 is 15.4 Å². The van der Waals surface area contributed by atoms with Gasteiger partial charge in [-0.15, -0.1) is 10.2 Å². The summed E-state index contributed by atoms with van der Waals surface area (Å²) in [5.74, 6) is -1.75. The number of nitrogens with one attached hydrogen (secondary N) is 2. The lowest BCUT2D eigenvalue weighted by Gasteiger charge is -2.14. The van der Waals surface area contributed by atoms with Gasteiger partial charge >= 0.3 is 5.97 Å². The van der Waals surface area contributed by atoms with Gasteiger partial charge in [-0.05, 0) is 74.4 Å². The first kappa shape index (κ1) is 29.8. The molecule has 0 saturated heterocycles. The first-order valence-electron chi connectivity index (χ1n) is 12.6. The third-order valence-corrected chi connectivity index (χ3v) is 7.16. The molecule has 0 aliphatic rings. The fourth-order valence-corrected chi connectivity index (χ4v) is 4.92. The predicted molar refractivity (Wildman–Crippen MR) is 155 cm³/mol. The number of benzene rings is 3. The van der Waals surface area contributed by atoms with Crippen LogP contribution < -0.4 is 10.6 Å². The molecule has 9 nitrogen and oxygen atoms in total. The second kappa shape index (κ2) is 13.4. The molecular formula is C29H27ClFN5O4S. The van der Waals surface area contributed by atoms with E-state index in [-0.39, 0.29) is 35.4 Å². The van der Waals surface area contributed by atoms with Crippen LogP contribution in [0.2, 0.25) is 5.02 Å². The van der Waals surface area contributed by atoms with E-state index in [1.807, 2.05) is 32.0 Å². The Morgan fingerprint density at radius 1 is 1.05 bits per heavy atom. The smallest absolute Gasteiger partial charge is 0.338 e. The molecule has 0 atom stereocenters. The van der Waals surface area contributed by atoms with Gasteiger partial charge in [-0.25, -0.2) is 9.18 Å². The van der Waals surface area contributed by atoms with Crippen molar-refractivity contribution in [3.8, 4) is 5.69 Å². The average molecular weight is 596 g/mol. The minimum Gasteiger partial charge on any atom is -0.462 e. The lowest BCUT2D eigenvalue weighted by Crippen LogP contribution is -2.26. The number of esters is 1. The Balaban J connectivity index is 1.51. The van der Waals surface area contributed by atoms with Gasteiger partial charge in [0.25, 0.3) is 5.91 Å². The minimum atomic E-state index is -0.733. The molecule has 4 aromatic rings. The summed E-state index contributed by atoms with van der Waals surface area (Å²) in [6, 6.07) is 16.3. The van der Waals surface area contributed by atoms with Gasteiger partial charge in [-0.3, -0.25) is 14.2 Å². The summed E-state index contributed by atoms with van der Waals surface area (Å²) in [6.07, 6.45) is 0. The Hall–Kier alpha value is -4.22. The van der Waals surface area contributed by atoms with E-state index in [0.717, 1.165) is 34.6 Å². The molecule has 41 heavy (non-hydrogen) atoms. The third kappa shape index (κ3) is 7.30. The molecule has 2 N–H and O–H groups in total. The Labute approximate surface area is 245 Å². The highest BCUT2D eigenvalue weighted by Crippen LogP contribution is 2.26. The summed E-state index contributed by atoms with van der Waals surface area (Å²) in [5, 5.41) is 14.4. The quantitative estimate of drug-likeness (QED) is 0.183. The van der Waals surface area contributed by atoms with Gasteiger partial charge in [0.05, 0.1) is 40.7 Å². The molecule has 4 rings (SSSR count). The van der Waals surface area contributed by atoms with E-state index in [1.165, 1.54) is 12.1 Å². The number of thioether (sulfide) groups is 1. The molecule has 1 heterocycles. The topological polar surface area (TPSA) is 115 Å². The van der Waals surface area contributed by atoms with Crippen LogP contribution in [0.1, 0.15) is 44.6 Å². The second-order valence-electron chi connectivity index (χ2n) is 8.94. The summed E-state index contributed by atoms with van der Waals surface area (Å²) in [5.41, 5.74) is 3.35. The van der Waals surface area contributed by atoms with Crippen molar-refractivity contribution in [3.05, 3.63) is 99.6 Å². The van der Waals surface area contributed by atoms with Crippen molar-refractivity contribution in [1.29, 1.82) is 0 Å². The van der Waals surface area contributed by atoms with Crippen molar-refractivity contribution in [2.75, 3.05) is 17.7 Å². The van der Waals surface area contributed by atoms with Crippen molar-refractivity contribution < 1.29 is 23.5 Å². The molecule has 0 unspecified atom stereocenters. The molecule has 12 heteroatoms. The zero-order valence-corrected chi connectivity index (χ0v) is 24.1. The van der Waals surface area contributed by atoms with Crippen LogP contribution in [-0.4, -0.2) is 44.9 Å². The van der Waals surface area contributed by atoms with Crippen molar-refractivity contribution in [2.24, 2.45) is 0 Å². The Morgan fingerprint density at radius 2 is 1.80 bits per heavy atom. The van der Waals surface area contributed by atoms with Crippen LogP contribution in [0.3, 0.4) is 0 Å². The van der Waals surface area contributed by atoms with Gasteiger partial charge in [0, 0.05) is 5.69 Å². The van der Waals surface area contributed by atoms with Crippen LogP contribution >= 0.6 is 23.4 Å². The maximum absolute atomic E-state index is 14.3. The number of rotatable bonds is 10. The first-order chi connectivity index (χ1) is 19.7. The standard InChI is InChI=1S/C29H27ClFN5O4S/c1-4-40-28(39)19-10-12-20(13-11-19)33-25(37)16-41-29-35-34-24(36(29)23-14-17(2)8-9-18(23)3)15-32-27(38)26-21(30)6-5-7-22(26)31/h5-14H,4,15-16H2,1-3H3,(H,32,38)(H,33,37). The Bertz CT molecular complexity index is 1570. The zero-order valence-electron chi connectivity index (χ0n) is 22.5. The number of amides is 2. The number of ether oxygens (including phenoxy) is 1. The zero-order chi connectivity index (χ0) is 29.5. The fraction of sp³-hybridized carbons (Fsp3) is 0.207. The van der Waals surface area contributed by atoms with Crippen LogP contribution in [0.4, 0.5) is 10.1 Å². The van der Waals surface area contributed by atoms with E-state index in [9.17, 15) is 18.8 Å². The number of nitrogens with zero attached hydrogens (tertiary/aromatic N) is 3. The molecule has 2 amide bonds. The second-order valence-corrected chi connectivity index (χ2v) is 10.3. The maximum Gasteiger partial charge on any atom is 0.338 e. The third-order valence-electron chi connectivity index (χ3n) is 5.91. The van der Waals surface area contributed by atoms with E-state index in [4.69, 9.17) is 16.3 Å². The number of aromatic nitrogens is 3. The van der Waals surface area contributed by atoms with Crippen LogP contribution in [0, 0.1) is 19.7 Å². The SMILES string of the molecule is CCOC(=O)c1ccc(NC(=O)CSc2nnc(CNC(=O)c3c(F)cccc3Cl)n2-c2cc(C)ccc2C)cc1. The van der Waals surface area contributed by atoms with Crippen molar-refractivity contribution in [1.82, 2.24) is 20.1 Å². The summed E-state index contributed by atoms with van der Waals surface area (Å²) >= 11 is 7.21. The van der Waals surface area contributed by atoms with E-state index in [1.54, 1.807) is 35.8 Å². The molecule has 0 aliphatic carbocycles. The van der Waals surface area contributed by atoms with Crippen molar-refractivity contribution in [3.63, 3.8) is 0 Å². The van der Waals surface area contributed by atoms with Crippen molar-refractivity contribution >= 4 is 46.8 Å². The fourth-order valence-electron chi connectivity index (χ4n) is 3.90. The number of carbonyl (C=O) groups excluding carboxylic acids is 3. The molecule has 0 fully saturated rings. The molecule has 0 aliphatic heterocycles. The van der Waals surface area contributed by atoms with Crippen molar-refractivity contribution in [2.45, 2.75) is 32.5 Å². The number of anilines is 1. The molecule has 3 aromatic carbocycles. The number of aryl methyl sites for hydroxylation is 2. The predicted octanol–water partition coefficient (Wildman–Crippen LogP) is 5.51. The van der Waals surface area contributed by atoms with Gasteiger partial charge in [0.1, 0.15) is 5.82 Å². The average Bonchev–Trinajstić information content (AvgIpc) is 3.35. The monoisotopic (exact) mass is 595 g/mol. The van der Waals surface area contributed by atoms with Gasteiger partial charge in [0.2, 0.25) is 5.91 Å². The van der Waals surface area contributed by atoms with E-state index < -0.39 is 17.7 Å². The Kier molecular flexibility index (Phi) is 9.74. The molecular weight excluding hydrogens is 569 g/mol. The molecule has 1 aromatic heterocycles. The summed E-state index contributed by atoms with van der Waals surface area (Å²) in [7, 11) is 0. The van der Waals surface area contributed by atoms with E-state index in [0.29, 0.717) is 22.2 Å². The van der Waals surface area contributed by atoms with Crippen LogP contribution in [0.15, 0.2) is 65.8 Å². The summed E-state index contributed by atoms with van der Waals surface area (Å²) in [4.78, 5) is 37.3. The highest BCUT2D eigenvalue weighted by molar-refractivity contribution is 7.99. The normalized spacial score (nSPS) is 10.8. The highest BCUT2D eigenvalue weighted by Gasteiger charge is 2.20. The number of halogens is 2. The molecule has 0 bridgehead atoms. The minimum absolute atomic E-state index is 0.00344. The van der Waals surface area contributed by atoms with Crippen LogP contribution in [0.5, 0.6) is 0 Å². The molecule has 212 valence electrons. The molecule has 0 radical (unpaired) electrons. The van der Waals surface area contributed by atoms with E-state index in [2.05, 4.69) is 20.8 Å². The number of hydrogen-bond acceptors (Lipinski definition) is 7. The highest BCUT2D eigenvalue weighted by atomic mass is 35.5. The largest absolute Gasteiger partial charge is 0.462 e. The van der Waals surface area contributed by atoms with Gasteiger partial charge in [-0.1, -0.05) is 41.6 Å². The molecule has 0 saturated carbocycles. The number of carbonyl (C=O) groups is 3. The van der Waals surface area contributed by atoms with Gasteiger partial charge in [-0.2, -0.15) is 0 Å². The Morgan fingerprint density at radius 3 is 2.51 bits per heavy atom. The van der Waals surface area contributed by atoms with Crippen LogP contribution in [0.25, 0.3) is 5.69 Å². The maximum atomic E-state index is 14.3. The van der Waals surface area contributed by atoms with Crippen LogP contribution in [-0.2, 0) is 16.1 Å². The van der Waals surface area contributed by atoms with E-state index >= 15 is 0 Å². The summed E-state index contributed by atoms with van der Waals surface area (Å²) in [6.45, 7) is 5.81. The first-order valence-corrected chi connectivity index (χ1v) is 14.0. The lowest BCUT2D eigenvalue weighted by atomic mass is 10.1. The lowest BCUT2D eigenvalue weighted by molar-refractivity contribution is -0.113. The number of hydrogen-bond donors (Lipinski definition) is 2. The molecule has 0 spiro atoms. The van der Waals surface area contributed by atoms with Gasteiger partial charge in [0.15, 0.2) is 11.0 Å². The summed E-state index contributed by atoms with van der Waals surface area (Å²) < 4.78 is 21.0.